The Bertz CT molecular complexity index is 1550. The standard InChI is InChI=1S/C27H28N6O2S/c28-26-25(36(34,35)21-9-10-21)24(18-12-19-7-8-20(13-18)31-19)32-27-22(15-30-33(26)27)17-6-11-23(29-14-17)16-4-2-1-3-5-16/h1-6,11,14-15,18-21,31H,7-10,12-13,28H2/t18-,19+,20-. The van der Waals surface area contributed by atoms with Crippen molar-refractivity contribution in [2.75, 3.05) is 5.73 Å². The van der Waals surface area contributed by atoms with Gasteiger partial charge in [0.15, 0.2) is 15.5 Å². The van der Waals surface area contributed by atoms with Crippen LogP contribution in [0.1, 0.15) is 50.1 Å². The van der Waals surface area contributed by atoms with E-state index in [1.807, 2.05) is 48.7 Å². The number of hydrogen-bond acceptors (Lipinski definition) is 7. The molecule has 0 radical (unpaired) electrons. The Labute approximate surface area is 209 Å². The monoisotopic (exact) mass is 500 g/mol. The minimum absolute atomic E-state index is 0.0564. The van der Waals surface area contributed by atoms with Gasteiger partial charge in [0.25, 0.3) is 0 Å². The van der Waals surface area contributed by atoms with Gasteiger partial charge in [0, 0.05) is 40.9 Å². The second-order valence-electron chi connectivity index (χ2n) is 10.4. The molecule has 3 N–H and O–H groups in total. The molecule has 1 aliphatic carbocycles. The van der Waals surface area contributed by atoms with E-state index in [0.29, 0.717) is 36.3 Å². The number of nitrogens with one attached hydrogen (secondary N) is 1. The van der Waals surface area contributed by atoms with Crippen LogP contribution in [0.25, 0.3) is 28.0 Å². The van der Waals surface area contributed by atoms with E-state index in [4.69, 9.17) is 10.7 Å². The number of benzene rings is 1. The lowest BCUT2D eigenvalue weighted by molar-refractivity contribution is 0.355. The molecule has 5 heterocycles. The number of nitrogens with two attached hydrogens (primary N) is 1. The highest BCUT2D eigenvalue weighted by Gasteiger charge is 2.44. The number of hydrogen-bond donors (Lipinski definition) is 2. The van der Waals surface area contributed by atoms with E-state index in [1.54, 1.807) is 6.20 Å². The Hall–Kier alpha value is -3.30. The summed E-state index contributed by atoms with van der Waals surface area (Å²) in [6, 6.07) is 14.8. The van der Waals surface area contributed by atoms with Crippen LogP contribution in [0, 0.1) is 0 Å². The predicted octanol–water partition coefficient (Wildman–Crippen LogP) is 3.97. The maximum absolute atomic E-state index is 13.6. The highest BCUT2D eigenvalue weighted by molar-refractivity contribution is 7.92. The highest BCUT2D eigenvalue weighted by Crippen LogP contribution is 2.44. The van der Waals surface area contributed by atoms with Gasteiger partial charge in [0.05, 0.1) is 22.8 Å². The fraction of sp³-hybridized carbons (Fsp3) is 0.370. The molecule has 2 saturated heterocycles. The van der Waals surface area contributed by atoms with Gasteiger partial charge in [0.2, 0.25) is 0 Å². The number of anilines is 1. The van der Waals surface area contributed by atoms with Crippen LogP contribution in [0.3, 0.4) is 0 Å². The Balaban J connectivity index is 1.37. The van der Waals surface area contributed by atoms with E-state index >= 15 is 0 Å². The number of sulfone groups is 1. The van der Waals surface area contributed by atoms with Crippen molar-refractivity contribution in [2.24, 2.45) is 0 Å². The normalized spacial score (nSPS) is 23.8. The maximum atomic E-state index is 13.6. The van der Waals surface area contributed by atoms with Crippen molar-refractivity contribution in [3.8, 4) is 22.4 Å². The molecule has 2 bridgehead atoms. The highest BCUT2D eigenvalue weighted by atomic mass is 32.2. The molecule has 4 aromatic rings. The van der Waals surface area contributed by atoms with E-state index < -0.39 is 9.84 Å². The number of aromatic nitrogens is 4. The molecule has 9 heteroatoms. The smallest absolute Gasteiger partial charge is 0.186 e. The average Bonchev–Trinajstić information content (AvgIpc) is 3.60. The zero-order valence-corrected chi connectivity index (χ0v) is 20.7. The molecule has 7 rings (SSSR count). The molecule has 184 valence electrons. The van der Waals surface area contributed by atoms with Gasteiger partial charge in [-0.3, -0.25) is 4.98 Å². The minimum atomic E-state index is -3.56. The first-order valence-corrected chi connectivity index (χ1v) is 14.2. The number of rotatable bonds is 5. The summed E-state index contributed by atoms with van der Waals surface area (Å²) in [5, 5.41) is 7.77. The first-order chi connectivity index (χ1) is 17.5. The molecule has 0 amide bonds. The molecule has 2 aliphatic heterocycles. The Morgan fingerprint density at radius 2 is 1.67 bits per heavy atom. The fourth-order valence-electron chi connectivity index (χ4n) is 5.95. The van der Waals surface area contributed by atoms with Crippen molar-refractivity contribution in [1.29, 1.82) is 0 Å². The minimum Gasteiger partial charge on any atom is -0.382 e. The maximum Gasteiger partial charge on any atom is 0.186 e. The van der Waals surface area contributed by atoms with Crippen LogP contribution in [0.5, 0.6) is 0 Å². The van der Waals surface area contributed by atoms with E-state index in [9.17, 15) is 8.42 Å². The topological polar surface area (TPSA) is 115 Å². The van der Waals surface area contributed by atoms with Gasteiger partial charge in [-0.15, -0.1) is 0 Å². The summed E-state index contributed by atoms with van der Waals surface area (Å²) in [6.45, 7) is 0. The summed E-state index contributed by atoms with van der Waals surface area (Å²) in [5.74, 6) is 0.230. The van der Waals surface area contributed by atoms with E-state index in [-0.39, 0.29) is 21.9 Å². The lowest BCUT2D eigenvalue weighted by Gasteiger charge is -2.30. The lowest BCUT2D eigenvalue weighted by Crippen LogP contribution is -2.38. The van der Waals surface area contributed by atoms with Crippen LogP contribution >= 0.6 is 0 Å². The third kappa shape index (κ3) is 3.52. The van der Waals surface area contributed by atoms with Gasteiger partial charge < -0.3 is 11.1 Å². The molecule has 3 atom stereocenters. The summed E-state index contributed by atoms with van der Waals surface area (Å²) in [6.07, 6.45) is 8.90. The molecule has 0 unspecified atom stereocenters. The Morgan fingerprint density at radius 3 is 2.33 bits per heavy atom. The van der Waals surface area contributed by atoms with Gasteiger partial charge in [-0.25, -0.2) is 13.4 Å². The molecule has 1 aromatic carbocycles. The lowest BCUT2D eigenvalue weighted by atomic mass is 9.89. The zero-order valence-electron chi connectivity index (χ0n) is 19.8. The number of fused-ring (bicyclic) bond motifs is 3. The van der Waals surface area contributed by atoms with Crippen LogP contribution in [0.2, 0.25) is 0 Å². The molecule has 36 heavy (non-hydrogen) atoms. The predicted molar refractivity (Wildman–Crippen MR) is 138 cm³/mol. The van der Waals surface area contributed by atoms with Crippen molar-refractivity contribution in [2.45, 2.75) is 66.7 Å². The Morgan fingerprint density at radius 1 is 0.917 bits per heavy atom. The van der Waals surface area contributed by atoms with Crippen LogP contribution in [0.15, 0.2) is 59.8 Å². The first-order valence-electron chi connectivity index (χ1n) is 12.7. The molecule has 3 aromatic heterocycles. The van der Waals surface area contributed by atoms with E-state index in [1.165, 1.54) is 4.52 Å². The summed E-state index contributed by atoms with van der Waals surface area (Å²) in [5.41, 5.74) is 11.4. The van der Waals surface area contributed by atoms with Gasteiger partial charge in [-0.2, -0.15) is 9.61 Å². The fourth-order valence-corrected chi connectivity index (χ4v) is 7.92. The van der Waals surface area contributed by atoms with E-state index in [2.05, 4.69) is 15.4 Å². The number of piperidine rings is 1. The van der Waals surface area contributed by atoms with Crippen molar-refractivity contribution in [3.63, 3.8) is 0 Å². The molecular weight excluding hydrogens is 472 g/mol. The van der Waals surface area contributed by atoms with Crippen molar-refractivity contribution in [3.05, 3.63) is 60.6 Å². The van der Waals surface area contributed by atoms with Gasteiger partial charge >= 0.3 is 0 Å². The van der Waals surface area contributed by atoms with Crippen LogP contribution in [-0.4, -0.2) is 45.3 Å². The van der Waals surface area contributed by atoms with E-state index in [0.717, 1.165) is 48.1 Å². The average molecular weight is 501 g/mol. The second-order valence-corrected chi connectivity index (χ2v) is 12.5. The number of pyridine rings is 1. The molecule has 1 saturated carbocycles. The van der Waals surface area contributed by atoms with Crippen LogP contribution < -0.4 is 11.1 Å². The number of nitrogens with zero attached hydrogens (tertiary/aromatic N) is 4. The molecular formula is C27H28N6O2S. The molecule has 3 aliphatic rings. The third-order valence-electron chi connectivity index (χ3n) is 7.92. The van der Waals surface area contributed by atoms with Crippen molar-refractivity contribution < 1.29 is 8.42 Å². The largest absolute Gasteiger partial charge is 0.382 e. The quantitative estimate of drug-likeness (QED) is 0.426. The zero-order chi connectivity index (χ0) is 24.4. The third-order valence-corrected chi connectivity index (χ3v) is 10.3. The van der Waals surface area contributed by atoms with Gasteiger partial charge in [-0.05, 0) is 44.6 Å². The van der Waals surface area contributed by atoms with Gasteiger partial charge in [0.1, 0.15) is 10.7 Å². The molecule has 8 nitrogen and oxygen atoms in total. The second kappa shape index (κ2) is 8.11. The van der Waals surface area contributed by atoms with Crippen molar-refractivity contribution in [1.82, 2.24) is 24.9 Å². The number of nitrogen functional groups attached to an aromatic ring is 1. The SMILES string of the molecule is Nc1c(S(=O)(=O)C2CC2)c([C@H]2C[C@H]3CC[C@@H](C2)N3)nc2c(-c3ccc(-c4ccccc4)nc3)cnn12. The summed E-state index contributed by atoms with van der Waals surface area (Å²) >= 11 is 0. The summed E-state index contributed by atoms with van der Waals surface area (Å²) < 4.78 is 28.6. The molecule has 3 fully saturated rings. The van der Waals surface area contributed by atoms with Crippen LogP contribution in [0.4, 0.5) is 5.82 Å². The van der Waals surface area contributed by atoms with Crippen LogP contribution in [-0.2, 0) is 9.84 Å². The summed E-state index contributed by atoms with van der Waals surface area (Å²) in [4.78, 5) is 9.90. The first kappa shape index (κ1) is 21.9. The summed E-state index contributed by atoms with van der Waals surface area (Å²) in [7, 11) is -3.56. The van der Waals surface area contributed by atoms with Crippen molar-refractivity contribution >= 4 is 21.3 Å². The Kier molecular flexibility index (Phi) is 4.94. The van der Waals surface area contributed by atoms with Gasteiger partial charge in [-0.1, -0.05) is 36.4 Å². The molecule has 0 spiro atoms.